The number of carbonyl (C=O) groups excluding carboxylic acids is 2. The van der Waals surface area contributed by atoms with Gasteiger partial charge in [-0.15, -0.1) is 0 Å². The molecule has 2 aliphatic heterocycles. The van der Waals surface area contributed by atoms with Crippen LogP contribution in [0.2, 0.25) is 0 Å². The van der Waals surface area contributed by atoms with Crippen LogP contribution in [0.1, 0.15) is 106 Å². The molecule has 1 saturated carbocycles. The Bertz CT molecular complexity index is 1700. The maximum Gasteiger partial charge on any atom is 0.160 e. The number of fused-ring (bicyclic) bond motifs is 2. The molecule has 2 fully saturated rings. The Morgan fingerprint density at radius 3 is 2.74 bits per heavy atom. The molecule has 8 N–H and O–H groups in total. The largest absolute Gasteiger partial charge is 0.504 e. The molecule has 286 valence electrons. The fraction of sp³-hybridized carbons (Fsp3) is 0.581. The number of hydrogen-bond acceptors (Lipinski definition) is 9. The standard InChI is InChI=1S/C43H58N4O6/c1-53-42-20-31-10-15-40(51)36(39(50)5-3-2-4-27-18-32-8-13-35(49)22-38(32)46-25-27)14-9-29(37(31)23-41(42)52)6-11-34(48)12-7-30-21-43(44)47-26-33(30)19-28-16-17-45-24-28/h16-17,20-21,23-24,27,29,32,34,36,38-39,45-48,50,52H,2-8,10-13,15,18-19,22,25-26,44H2,1H3. The zero-order chi connectivity index (χ0) is 37.3. The van der Waals surface area contributed by atoms with E-state index in [1.165, 1.54) is 18.2 Å². The number of piperidine rings is 1. The first kappa shape index (κ1) is 38.7. The summed E-state index contributed by atoms with van der Waals surface area (Å²) < 4.78 is 5.41. The lowest BCUT2D eigenvalue weighted by Gasteiger charge is -2.39. The summed E-state index contributed by atoms with van der Waals surface area (Å²) in [6, 6.07) is 5.89. The smallest absolute Gasteiger partial charge is 0.160 e. The van der Waals surface area contributed by atoms with Crippen LogP contribution in [-0.4, -0.2) is 70.3 Å². The van der Waals surface area contributed by atoms with E-state index in [2.05, 4.69) is 33.5 Å². The van der Waals surface area contributed by atoms with Crippen LogP contribution < -0.4 is 21.1 Å². The van der Waals surface area contributed by atoms with E-state index in [4.69, 9.17) is 10.5 Å². The molecule has 10 nitrogen and oxygen atoms in total. The number of ether oxygens (including phenoxy) is 1. The molecular weight excluding hydrogens is 668 g/mol. The number of aliphatic hydroxyl groups excluding tert-OH is 2. The average molecular weight is 727 g/mol. The van der Waals surface area contributed by atoms with Crippen molar-refractivity contribution < 1.29 is 29.6 Å². The van der Waals surface area contributed by atoms with Gasteiger partial charge in [-0.2, -0.15) is 0 Å². The predicted molar refractivity (Wildman–Crippen MR) is 205 cm³/mol. The molecule has 53 heavy (non-hydrogen) atoms. The molecular formula is C43H58N4O6. The first-order chi connectivity index (χ1) is 25.7. The molecule has 0 spiro atoms. The Kier molecular flexibility index (Phi) is 13.4. The molecule has 3 heterocycles. The van der Waals surface area contributed by atoms with E-state index in [1.807, 2.05) is 18.5 Å². The van der Waals surface area contributed by atoms with E-state index in [1.54, 1.807) is 12.1 Å². The van der Waals surface area contributed by atoms with Crippen molar-refractivity contribution in [3.63, 3.8) is 0 Å². The SMILES string of the molecule is COc1cc2c(cc1O)C(CCC(O)CCC1=C(Cc3cc[nH]c3)CNC(N)=C1)C#CC(C(O)CCCCC1CNC3CC(=O)CCC3C1)C(=O)CC2. The fourth-order valence-electron chi connectivity index (χ4n) is 8.84. The molecule has 2 aliphatic carbocycles. The summed E-state index contributed by atoms with van der Waals surface area (Å²) in [5.41, 5.74) is 11.4. The number of methoxy groups -OCH3 is 1. The lowest BCUT2D eigenvalue weighted by Crippen LogP contribution is -2.48. The van der Waals surface area contributed by atoms with Crippen LogP contribution in [0.25, 0.3) is 0 Å². The Hall–Kier alpha value is -4.04. The second-order valence-corrected chi connectivity index (χ2v) is 15.8. The van der Waals surface area contributed by atoms with Gasteiger partial charge in [0.25, 0.3) is 0 Å². The minimum absolute atomic E-state index is 0.0126. The lowest BCUT2D eigenvalue weighted by molar-refractivity contribution is -0.124. The minimum atomic E-state index is -0.858. The Balaban J connectivity index is 1.08. The Morgan fingerprint density at radius 1 is 1.06 bits per heavy atom. The van der Waals surface area contributed by atoms with Gasteiger partial charge < -0.3 is 41.4 Å². The number of nitrogens with one attached hydrogen (secondary N) is 3. The molecule has 1 aromatic carbocycles. The van der Waals surface area contributed by atoms with Crippen LogP contribution in [0.3, 0.4) is 0 Å². The fourth-order valence-corrected chi connectivity index (χ4v) is 8.84. The third kappa shape index (κ3) is 10.3. The van der Waals surface area contributed by atoms with Gasteiger partial charge in [-0.3, -0.25) is 9.59 Å². The zero-order valence-corrected chi connectivity index (χ0v) is 31.2. The summed E-state index contributed by atoms with van der Waals surface area (Å²) in [6.45, 7) is 1.62. The van der Waals surface area contributed by atoms with E-state index in [-0.39, 0.29) is 23.9 Å². The molecule has 0 amide bonds. The third-order valence-electron chi connectivity index (χ3n) is 12.0. The number of aryl methyl sites for hydroxylation is 1. The number of phenols is 1. The van der Waals surface area contributed by atoms with E-state index in [9.17, 15) is 24.9 Å². The highest BCUT2D eigenvalue weighted by molar-refractivity contribution is 5.85. The summed E-state index contributed by atoms with van der Waals surface area (Å²) in [6.07, 6.45) is 15.1. The number of unbranched alkanes of at least 4 members (excludes halogenated alkanes) is 1. The van der Waals surface area contributed by atoms with Crippen LogP contribution in [0.5, 0.6) is 11.5 Å². The molecule has 0 bridgehead atoms. The number of phenolic OH excluding ortho intramolecular Hbond substituents is 1. The molecule has 6 rings (SSSR count). The van der Waals surface area contributed by atoms with Gasteiger partial charge in [0, 0.05) is 50.2 Å². The molecule has 1 aromatic heterocycles. The number of carbonyl (C=O) groups is 2. The average Bonchev–Trinajstić information content (AvgIpc) is 3.68. The number of aromatic nitrogens is 1. The summed E-state index contributed by atoms with van der Waals surface area (Å²) in [5, 5.41) is 40.2. The molecule has 7 unspecified atom stereocenters. The highest BCUT2D eigenvalue weighted by atomic mass is 16.5. The highest BCUT2D eigenvalue weighted by Crippen LogP contribution is 2.37. The molecule has 10 heteroatoms. The van der Waals surface area contributed by atoms with E-state index in [0.29, 0.717) is 93.1 Å². The van der Waals surface area contributed by atoms with Gasteiger partial charge in [0.2, 0.25) is 0 Å². The number of nitrogens with two attached hydrogens (primary N) is 1. The first-order valence-electron chi connectivity index (χ1n) is 19.7. The summed E-state index contributed by atoms with van der Waals surface area (Å²) in [4.78, 5) is 28.5. The van der Waals surface area contributed by atoms with Crippen LogP contribution in [0.15, 0.2) is 53.6 Å². The van der Waals surface area contributed by atoms with Crippen molar-refractivity contribution in [2.75, 3.05) is 20.2 Å². The van der Waals surface area contributed by atoms with Crippen molar-refractivity contribution in [1.29, 1.82) is 0 Å². The van der Waals surface area contributed by atoms with Crippen molar-refractivity contribution >= 4 is 11.6 Å². The van der Waals surface area contributed by atoms with Crippen molar-refractivity contribution in [2.45, 2.75) is 120 Å². The first-order valence-corrected chi connectivity index (χ1v) is 19.7. The quantitative estimate of drug-likeness (QED) is 0.0978. The number of aromatic amines is 1. The minimum Gasteiger partial charge on any atom is -0.504 e. The van der Waals surface area contributed by atoms with Crippen molar-refractivity contribution in [3.8, 4) is 23.3 Å². The molecule has 0 radical (unpaired) electrons. The van der Waals surface area contributed by atoms with Crippen LogP contribution in [0.4, 0.5) is 0 Å². The summed E-state index contributed by atoms with van der Waals surface area (Å²) in [5.74, 6) is 7.86. The number of H-pyrrole nitrogens is 1. The van der Waals surface area contributed by atoms with E-state index < -0.39 is 18.1 Å². The van der Waals surface area contributed by atoms with Gasteiger partial charge in [-0.1, -0.05) is 24.7 Å². The van der Waals surface area contributed by atoms with E-state index >= 15 is 0 Å². The monoisotopic (exact) mass is 726 g/mol. The number of Topliss-reactive ketones (excluding diaryl/α,β-unsaturated/α-hetero) is 2. The van der Waals surface area contributed by atoms with Gasteiger partial charge in [0.15, 0.2) is 17.3 Å². The maximum absolute atomic E-state index is 13.5. The number of allylic oxidation sites excluding steroid dienone is 2. The van der Waals surface area contributed by atoms with Crippen molar-refractivity contribution in [2.24, 2.45) is 23.5 Å². The normalized spacial score (nSPS) is 25.7. The maximum atomic E-state index is 13.5. The molecule has 7 atom stereocenters. The summed E-state index contributed by atoms with van der Waals surface area (Å²) in [7, 11) is 1.51. The van der Waals surface area contributed by atoms with Crippen molar-refractivity contribution in [3.05, 3.63) is 70.3 Å². The van der Waals surface area contributed by atoms with Gasteiger partial charge in [-0.05, 0) is 135 Å². The molecule has 2 aromatic rings. The van der Waals surface area contributed by atoms with Crippen LogP contribution in [0, 0.1) is 29.6 Å². The number of dihydropyridines is 1. The zero-order valence-electron chi connectivity index (χ0n) is 31.2. The second-order valence-electron chi connectivity index (χ2n) is 15.8. The number of hydrogen-bond donors (Lipinski definition) is 7. The van der Waals surface area contributed by atoms with Crippen LogP contribution >= 0.6 is 0 Å². The van der Waals surface area contributed by atoms with Gasteiger partial charge in [-0.25, -0.2) is 0 Å². The number of aromatic hydroxyl groups is 1. The highest BCUT2D eigenvalue weighted by Gasteiger charge is 2.34. The van der Waals surface area contributed by atoms with Gasteiger partial charge >= 0.3 is 0 Å². The predicted octanol–water partition coefficient (Wildman–Crippen LogP) is 5.08. The molecule has 1 saturated heterocycles. The number of aliphatic hydroxyl groups is 2. The van der Waals surface area contributed by atoms with Gasteiger partial charge in [0.05, 0.1) is 25.1 Å². The lowest BCUT2D eigenvalue weighted by atomic mass is 9.74. The van der Waals surface area contributed by atoms with Gasteiger partial charge in [0.1, 0.15) is 11.7 Å². The van der Waals surface area contributed by atoms with Crippen molar-refractivity contribution in [1.82, 2.24) is 15.6 Å². The van der Waals surface area contributed by atoms with Crippen LogP contribution in [-0.2, 0) is 22.4 Å². The number of benzene rings is 1. The van der Waals surface area contributed by atoms with E-state index in [0.717, 1.165) is 61.8 Å². The Labute approximate surface area is 314 Å². The second kappa shape index (κ2) is 18.3. The topological polar surface area (TPSA) is 170 Å². The summed E-state index contributed by atoms with van der Waals surface area (Å²) >= 11 is 0. The third-order valence-corrected chi connectivity index (χ3v) is 12.0. The number of ketones is 2. The number of rotatable bonds is 15. The molecule has 4 aliphatic rings. The Morgan fingerprint density at radius 2 is 1.92 bits per heavy atom.